The van der Waals surface area contributed by atoms with Gasteiger partial charge in [0.05, 0.1) is 0 Å². The van der Waals surface area contributed by atoms with E-state index in [1.54, 1.807) is 0 Å². The van der Waals surface area contributed by atoms with E-state index in [1.807, 2.05) is 0 Å². The van der Waals surface area contributed by atoms with Crippen molar-refractivity contribution in [2.45, 2.75) is 12.8 Å². The summed E-state index contributed by atoms with van der Waals surface area (Å²) in [6.45, 7) is 7.49. The Morgan fingerprint density at radius 2 is 1.71 bits per heavy atom. The monoisotopic (exact) mass is 238 g/mol. The molecule has 0 N–H and O–H groups in total. The molecule has 6 heteroatoms. The molecule has 0 radical (unpaired) electrons. The van der Waals surface area contributed by atoms with E-state index >= 15 is 0 Å². The van der Waals surface area contributed by atoms with E-state index in [1.165, 1.54) is 17.1 Å². The van der Waals surface area contributed by atoms with Gasteiger partial charge in [0.2, 0.25) is 0 Å². The van der Waals surface area contributed by atoms with Crippen molar-refractivity contribution in [3.8, 4) is 0 Å². The van der Waals surface area contributed by atoms with Crippen LogP contribution in [0.2, 0.25) is 0 Å². The van der Waals surface area contributed by atoms with E-state index in [0.29, 0.717) is 5.06 Å². The molecule has 6 nitrogen and oxygen atoms in total. The second kappa shape index (κ2) is 5.83. The highest BCUT2D eigenvalue weighted by molar-refractivity contribution is 6.01. The fourth-order valence-electron chi connectivity index (χ4n) is 1.33. The highest BCUT2D eigenvalue weighted by Gasteiger charge is 2.33. The zero-order chi connectivity index (χ0) is 12.8. The van der Waals surface area contributed by atoms with Crippen LogP contribution >= 0.6 is 0 Å². The molecule has 1 aliphatic heterocycles. The predicted octanol–water partition coefficient (Wildman–Crippen LogP) is 0.861. The Balaban J connectivity index is 2.62. The number of carbonyl (C=O) groups is 3. The summed E-state index contributed by atoms with van der Waals surface area (Å²) < 4.78 is 0. The van der Waals surface area contributed by atoms with Crippen LogP contribution in [0, 0.1) is 0 Å². The summed E-state index contributed by atoms with van der Waals surface area (Å²) in [7, 11) is 0. The van der Waals surface area contributed by atoms with Gasteiger partial charge in [0, 0.05) is 25.9 Å². The number of imide groups is 1. The van der Waals surface area contributed by atoms with Crippen LogP contribution < -0.4 is 0 Å². The topological polar surface area (TPSA) is 66.9 Å². The van der Waals surface area contributed by atoms with Gasteiger partial charge in [0.25, 0.3) is 11.8 Å². The third-order valence-corrected chi connectivity index (χ3v) is 2.13. The number of carbonyl (C=O) groups excluding carboxylic acids is 3. The molecule has 3 amide bonds. The molecule has 1 saturated heterocycles. The van der Waals surface area contributed by atoms with Gasteiger partial charge < -0.3 is 4.84 Å². The molecule has 0 bridgehead atoms. The van der Waals surface area contributed by atoms with Crippen molar-refractivity contribution in [1.82, 2.24) is 9.96 Å². The average Bonchev–Trinajstić information content (AvgIpc) is 2.60. The first-order valence-electron chi connectivity index (χ1n) is 5.14. The minimum atomic E-state index is -0.770. The van der Waals surface area contributed by atoms with Gasteiger partial charge in [-0.1, -0.05) is 12.2 Å². The lowest BCUT2D eigenvalue weighted by atomic mass is 10.4. The van der Waals surface area contributed by atoms with Crippen LogP contribution in [-0.2, 0) is 14.4 Å². The molecule has 0 atom stereocenters. The number of hydroxylamine groups is 2. The molecule has 0 spiro atoms. The van der Waals surface area contributed by atoms with Crippen molar-refractivity contribution in [2.24, 2.45) is 0 Å². The first-order chi connectivity index (χ1) is 8.10. The van der Waals surface area contributed by atoms with E-state index in [0.717, 1.165) is 0 Å². The summed E-state index contributed by atoms with van der Waals surface area (Å²) in [5.74, 6) is -0.999. The van der Waals surface area contributed by atoms with Crippen molar-refractivity contribution >= 4 is 17.9 Å². The zero-order valence-electron chi connectivity index (χ0n) is 9.42. The van der Waals surface area contributed by atoms with Crippen LogP contribution in [0.1, 0.15) is 12.8 Å². The summed E-state index contributed by atoms with van der Waals surface area (Å²) in [6, 6.07) is 0. The van der Waals surface area contributed by atoms with Gasteiger partial charge in [0.15, 0.2) is 0 Å². The maximum atomic E-state index is 11.6. The molecular formula is C11H14N2O4. The van der Waals surface area contributed by atoms with Crippen molar-refractivity contribution in [3.63, 3.8) is 0 Å². The smallest absolute Gasteiger partial charge is 0.311 e. The van der Waals surface area contributed by atoms with Crippen molar-refractivity contribution in [1.29, 1.82) is 0 Å². The van der Waals surface area contributed by atoms with Crippen LogP contribution in [0.3, 0.4) is 0 Å². The number of amides is 3. The first-order valence-corrected chi connectivity index (χ1v) is 5.14. The lowest BCUT2D eigenvalue weighted by Crippen LogP contribution is -2.39. The second-order valence-electron chi connectivity index (χ2n) is 3.42. The van der Waals surface area contributed by atoms with E-state index in [-0.39, 0.29) is 25.9 Å². The molecule has 1 fully saturated rings. The Bertz CT molecular complexity index is 338. The Labute approximate surface area is 99.1 Å². The Hall–Kier alpha value is -2.11. The van der Waals surface area contributed by atoms with Crippen molar-refractivity contribution in [2.75, 3.05) is 13.1 Å². The first kappa shape index (κ1) is 13.0. The normalized spacial score (nSPS) is 14.7. The minimum absolute atomic E-state index is 0.0784. The van der Waals surface area contributed by atoms with E-state index in [4.69, 9.17) is 4.84 Å². The summed E-state index contributed by atoms with van der Waals surface area (Å²) in [5.41, 5.74) is 0. The van der Waals surface area contributed by atoms with Crippen LogP contribution in [0.5, 0.6) is 0 Å². The second-order valence-corrected chi connectivity index (χ2v) is 3.42. The van der Waals surface area contributed by atoms with Gasteiger partial charge in [0.1, 0.15) is 0 Å². The minimum Gasteiger partial charge on any atom is -0.311 e. The molecular weight excluding hydrogens is 224 g/mol. The van der Waals surface area contributed by atoms with E-state index in [2.05, 4.69) is 13.2 Å². The van der Waals surface area contributed by atoms with E-state index in [9.17, 15) is 14.4 Å². The summed E-state index contributed by atoms with van der Waals surface area (Å²) in [4.78, 5) is 40.1. The molecule has 0 aromatic carbocycles. The van der Waals surface area contributed by atoms with Crippen LogP contribution in [0.25, 0.3) is 0 Å². The number of rotatable bonds is 5. The van der Waals surface area contributed by atoms with Crippen molar-refractivity contribution in [3.05, 3.63) is 25.3 Å². The van der Waals surface area contributed by atoms with Gasteiger partial charge in [-0.05, 0) is 0 Å². The molecule has 0 unspecified atom stereocenters. The molecule has 92 valence electrons. The Morgan fingerprint density at radius 1 is 1.24 bits per heavy atom. The fraction of sp³-hybridized carbons (Fsp3) is 0.364. The third-order valence-electron chi connectivity index (χ3n) is 2.13. The highest BCUT2D eigenvalue weighted by Crippen LogP contribution is 2.13. The lowest BCUT2D eigenvalue weighted by Gasteiger charge is -2.21. The van der Waals surface area contributed by atoms with E-state index < -0.39 is 17.9 Å². The van der Waals surface area contributed by atoms with Gasteiger partial charge in [-0.2, -0.15) is 0 Å². The lowest BCUT2D eigenvalue weighted by molar-refractivity contribution is -0.173. The zero-order valence-corrected chi connectivity index (χ0v) is 9.42. The predicted molar refractivity (Wildman–Crippen MR) is 59.5 cm³/mol. The summed E-state index contributed by atoms with van der Waals surface area (Å²) in [5, 5.41) is 0.515. The summed E-state index contributed by atoms with van der Waals surface area (Å²) >= 11 is 0. The molecule has 17 heavy (non-hydrogen) atoms. The SMILES string of the molecule is C=CCN(CC=C)C(=O)ON1C(=O)CCC1=O. The van der Waals surface area contributed by atoms with Crippen LogP contribution in [0.15, 0.2) is 25.3 Å². The number of hydrogen-bond acceptors (Lipinski definition) is 4. The quantitative estimate of drug-likeness (QED) is 0.526. The molecule has 1 rings (SSSR count). The van der Waals surface area contributed by atoms with Gasteiger partial charge in [-0.25, -0.2) is 4.79 Å². The highest BCUT2D eigenvalue weighted by atomic mass is 16.7. The van der Waals surface area contributed by atoms with Crippen LogP contribution in [-0.4, -0.2) is 41.0 Å². The maximum absolute atomic E-state index is 11.6. The standard InChI is InChI=1S/C11H14N2O4/c1-3-7-12(8-4-2)11(16)17-13-9(14)5-6-10(13)15/h3-4H,1-2,5-8H2. The molecule has 1 aliphatic rings. The molecule has 0 aromatic heterocycles. The maximum Gasteiger partial charge on any atom is 0.435 e. The largest absolute Gasteiger partial charge is 0.435 e. The van der Waals surface area contributed by atoms with Crippen molar-refractivity contribution < 1.29 is 19.2 Å². The fourth-order valence-corrected chi connectivity index (χ4v) is 1.33. The van der Waals surface area contributed by atoms with Gasteiger partial charge in [-0.3, -0.25) is 14.5 Å². The van der Waals surface area contributed by atoms with Gasteiger partial charge >= 0.3 is 6.09 Å². The van der Waals surface area contributed by atoms with Gasteiger partial charge in [-0.15, -0.1) is 18.2 Å². The molecule has 0 saturated carbocycles. The molecule has 1 heterocycles. The third kappa shape index (κ3) is 3.17. The Kier molecular flexibility index (Phi) is 4.45. The molecule has 0 aromatic rings. The van der Waals surface area contributed by atoms with Crippen LogP contribution in [0.4, 0.5) is 4.79 Å². The average molecular weight is 238 g/mol. The number of nitrogens with zero attached hydrogens (tertiary/aromatic N) is 2. The number of hydrogen-bond donors (Lipinski definition) is 0. The molecule has 0 aliphatic carbocycles. The Morgan fingerprint density at radius 3 is 2.12 bits per heavy atom. The summed E-state index contributed by atoms with van der Waals surface area (Å²) in [6.07, 6.45) is 2.41.